The Morgan fingerprint density at radius 2 is 1.80 bits per heavy atom. The summed E-state index contributed by atoms with van der Waals surface area (Å²) in [5.41, 5.74) is 0. The van der Waals surface area contributed by atoms with Crippen molar-refractivity contribution >= 4 is 33.0 Å². The molecule has 1 aliphatic carbocycles. The van der Waals surface area contributed by atoms with Gasteiger partial charge in [0.05, 0.1) is 10.6 Å². The van der Waals surface area contributed by atoms with Gasteiger partial charge in [0.15, 0.2) is 9.84 Å². The molecule has 0 bridgehead atoms. The van der Waals surface area contributed by atoms with Crippen LogP contribution in [0.4, 0.5) is 0 Å². The van der Waals surface area contributed by atoms with Crippen molar-refractivity contribution in [2.75, 3.05) is 5.75 Å². The van der Waals surface area contributed by atoms with Gasteiger partial charge in [0, 0.05) is 5.92 Å². The van der Waals surface area contributed by atoms with Crippen LogP contribution in [0.5, 0.6) is 0 Å². The summed E-state index contributed by atoms with van der Waals surface area (Å²) in [6.45, 7) is 0. The van der Waals surface area contributed by atoms with Gasteiger partial charge in [-0.2, -0.15) is 0 Å². The van der Waals surface area contributed by atoms with Gasteiger partial charge in [0.1, 0.15) is 4.33 Å². The fourth-order valence-electron chi connectivity index (χ4n) is 1.44. The van der Waals surface area contributed by atoms with Gasteiger partial charge < -0.3 is 0 Å². The monoisotopic (exact) mass is 264 g/mol. The highest BCUT2D eigenvalue weighted by atomic mass is 35.5. The Kier molecular flexibility index (Phi) is 2.73. The summed E-state index contributed by atoms with van der Waals surface area (Å²) < 4.78 is 22.9. The average Bonchev–Trinajstić information content (AvgIpc) is 2.74. The van der Waals surface area contributed by atoms with E-state index in [4.69, 9.17) is 23.2 Å². The van der Waals surface area contributed by atoms with Crippen LogP contribution in [-0.4, -0.2) is 18.5 Å². The largest absolute Gasteiger partial charge is 0.224 e. The van der Waals surface area contributed by atoms with Gasteiger partial charge in [-0.1, -0.05) is 18.2 Å². The van der Waals surface area contributed by atoms with E-state index in [0.29, 0.717) is 11.3 Å². The summed E-state index contributed by atoms with van der Waals surface area (Å²) in [5, 5.41) is 0. The van der Waals surface area contributed by atoms with Gasteiger partial charge in [0.2, 0.25) is 0 Å². The third-order valence-electron chi connectivity index (χ3n) is 2.48. The van der Waals surface area contributed by atoms with Crippen molar-refractivity contribution in [2.45, 2.75) is 15.6 Å². The molecule has 1 fully saturated rings. The first-order valence-corrected chi connectivity index (χ1v) is 6.98. The molecule has 0 heterocycles. The highest BCUT2D eigenvalue weighted by Crippen LogP contribution is 2.53. The summed E-state index contributed by atoms with van der Waals surface area (Å²) in [5.74, 6) is -0.102. The molecule has 1 atom stereocenters. The van der Waals surface area contributed by atoms with E-state index in [1.165, 1.54) is 0 Å². The minimum absolute atomic E-state index is 0.0318. The first-order chi connectivity index (χ1) is 6.92. The lowest BCUT2D eigenvalue weighted by Crippen LogP contribution is -2.11. The van der Waals surface area contributed by atoms with Crippen molar-refractivity contribution < 1.29 is 8.42 Å². The molecule has 2 nitrogen and oxygen atoms in total. The molecule has 0 aliphatic heterocycles. The van der Waals surface area contributed by atoms with E-state index in [1.54, 1.807) is 30.3 Å². The van der Waals surface area contributed by atoms with Gasteiger partial charge in [-0.25, -0.2) is 8.42 Å². The topological polar surface area (TPSA) is 34.1 Å². The molecule has 82 valence electrons. The Bertz CT molecular complexity index is 454. The average molecular weight is 265 g/mol. The number of halogens is 2. The molecule has 0 spiro atoms. The Morgan fingerprint density at radius 3 is 2.27 bits per heavy atom. The van der Waals surface area contributed by atoms with Crippen LogP contribution in [0.3, 0.4) is 0 Å². The van der Waals surface area contributed by atoms with E-state index >= 15 is 0 Å². The van der Waals surface area contributed by atoms with Crippen molar-refractivity contribution in [3.8, 4) is 0 Å². The van der Waals surface area contributed by atoms with Crippen LogP contribution in [0.15, 0.2) is 35.2 Å². The summed E-state index contributed by atoms with van der Waals surface area (Å²) in [7, 11) is -3.24. The molecule has 0 N–H and O–H groups in total. The Morgan fingerprint density at radius 1 is 1.27 bits per heavy atom. The van der Waals surface area contributed by atoms with Gasteiger partial charge in [-0.3, -0.25) is 0 Å². The predicted octanol–water partition coefficient (Wildman–Crippen LogP) is 2.65. The summed E-state index contributed by atoms with van der Waals surface area (Å²) in [4.78, 5) is 0.334. The molecular weight excluding hydrogens is 255 g/mol. The molecule has 2 rings (SSSR count). The van der Waals surface area contributed by atoms with Crippen molar-refractivity contribution in [3.05, 3.63) is 30.3 Å². The van der Waals surface area contributed by atoms with Crippen LogP contribution in [0.1, 0.15) is 6.42 Å². The Balaban J connectivity index is 2.16. The quantitative estimate of drug-likeness (QED) is 0.787. The molecule has 0 saturated heterocycles. The van der Waals surface area contributed by atoms with Gasteiger partial charge in [-0.05, 0) is 18.6 Å². The van der Waals surface area contributed by atoms with Crippen molar-refractivity contribution in [2.24, 2.45) is 5.92 Å². The molecular formula is C10H10Cl2O2S. The molecule has 0 amide bonds. The highest BCUT2D eigenvalue weighted by Gasteiger charge is 2.53. The highest BCUT2D eigenvalue weighted by molar-refractivity contribution is 7.91. The third kappa shape index (κ3) is 2.47. The molecule has 1 aromatic carbocycles. The van der Waals surface area contributed by atoms with E-state index < -0.39 is 14.2 Å². The molecule has 5 heteroatoms. The maximum Gasteiger partial charge on any atom is 0.178 e. The van der Waals surface area contributed by atoms with Crippen LogP contribution >= 0.6 is 23.2 Å². The molecule has 15 heavy (non-hydrogen) atoms. The van der Waals surface area contributed by atoms with E-state index in [-0.39, 0.29) is 11.7 Å². The van der Waals surface area contributed by atoms with Crippen LogP contribution in [0.25, 0.3) is 0 Å². The number of hydrogen-bond acceptors (Lipinski definition) is 2. The minimum Gasteiger partial charge on any atom is -0.224 e. The van der Waals surface area contributed by atoms with Gasteiger partial charge >= 0.3 is 0 Å². The second kappa shape index (κ2) is 3.65. The molecule has 1 aromatic rings. The zero-order valence-electron chi connectivity index (χ0n) is 7.86. The smallest absolute Gasteiger partial charge is 0.178 e. The number of benzene rings is 1. The van der Waals surface area contributed by atoms with Gasteiger partial charge in [0.25, 0.3) is 0 Å². The summed E-state index contributed by atoms with van der Waals surface area (Å²) in [6, 6.07) is 8.36. The molecule has 1 aliphatic rings. The lowest BCUT2D eigenvalue weighted by molar-refractivity contribution is 0.592. The summed E-state index contributed by atoms with van der Waals surface area (Å²) >= 11 is 11.6. The predicted molar refractivity (Wildman–Crippen MR) is 61.0 cm³/mol. The lowest BCUT2D eigenvalue weighted by atomic mass is 10.4. The van der Waals surface area contributed by atoms with E-state index in [9.17, 15) is 8.42 Å². The van der Waals surface area contributed by atoms with E-state index in [1.807, 2.05) is 0 Å². The first kappa shape index (κ1) is 11.2. The maximum absolute atomic E-state index is 11.9. The number of rotatable bonds is 3. The molecule has 0 aromatic heterocycles. The van der Waals surface area contributed by atoms with Gasteiger partial charge in [-0.15, -0.1) is 23.2 Å². The number of alkyl halides is 2. The number of sulfone groups is 1. The SMILES string of the molecule is O=S(=O)(CC1CC1(Cl)Cl)c1ccccc1. The molecule has 1 saturated carbocycles. The maximum atomic E-state index is 11.9. The molecule has 1 unspecified atom stereocenters. The van der Waals surface area contributed by atoms with Crippen molar-refractivity contribution in [1.82, 2.24) is 0 Å². The zero-order valence-corrected chi connectivity index (χ0v) is 10.2. The zero-order chi connectivity index (χ0) is 11.1. The van der Waals surface area contributed by atoms with Crippen LogP contribution < -0.4 is 0 Å². The fraction of sp³-hybridized carbons (Fsp3) is 0.400. The van der Waals surface area contributed by atoms with Crippen LogP contribution in [-0.2, 0) is 9.84 Å². The van der Waals surface area contributed by atoms with Crippen molar-refractivity contribution in [3.63, 3.8) is 0 Å². The van der Waals surface area contributed by atoms with E-state index in [0.717, 1.165) is 0 Å². The normalized spacial score (nSPS) is 23.7. The van der Waals surface area contributed by atoms with Crippen LogP contribution in [0, 0.1) is 5.92 Å². The fourth-order valence-corrected chi connectivity index (χ4v) is 3.85. The molecule has 0 radical (unpaired) electrons. The Hall–Kier alpha value is -0.250. The third-order valence-corrected chi connectivity index (χ3v) is 5.24. The Labute approximate surface area is 99.1 Å². The van der Waals surface area contributed by atoms with Crippen molar-refractivity contribution in [1.29, 1.82) is 0 Å². The second-order valence-corrected chi connectivity index (χ2v) is 7.33. The standard InChI is InChI=1S/C10H10Cl2O2S/c11-10(12)6-8(10)7-15(13,14)9-4-2-1-3-5-9/h1-5,8H,6-7H2. The van der Waals surface area contributed by atoms with Crippen LogP contribution in [0.2, 0.25) is 0 Å². The minimum atomic E-state index is -3.24. The first-order valence-electron chi connectivity index (χ1n) is 4.57. The summed E-state index contributed by atoms with van der Waals surface area (Å²) in [6.07, 6.45) is 0.558. The number of hydrogen-bond donors (Lipinski definition) is 0. The lowest BCUT2D eigenvalue weighted by Gasteiger charge is -2.03. The van der Waals surface area contributed by atoms with E-state index in [2.05, 4.69) is 0 Å². The second-order valence-electron chi connectivity index (χ2n) is 3.76.